The number of likely N-dealkylation sites (N-methyl/N-ethyl adjacent to an activating group) is 1. The molecule has 1 unspecified atom stereocenters. The van der Waals surface area contributed by atoms with Gasteiger partial charge < -0.3 is 10.0 Å². The smallest absolute Gasteiger partial charge is 0.0922 e. The molecule has 1 aliphatic rings. The van der Waals surface area contributed by atoms with Gasteiger partial charge in [-0.05, 0) is 42.9 Å². The van der Waals surface area contributed by atoms with Crippen LogP contribution < -0.4 is 0 Å². The molecule has 3 rings (SSSR count). The third-order valence-electron chi connectivity index (χ3n) is 4.43. The summed E-state index contributed by atoms with van der Waals surface area (Å²) in [6.07, 6.45) is 0.762. The number of rotatable bonds is 3. The molecule has 0 aromatic heterocycles. The highest BCUT2D eigenvalue weighted by Gasteiger charge is 2.18. The lowest BCUT2D eigenvalue weighted by molar-refractivity contribution is 0.116. The Kier molecular flexibility index (Phi) is 4.54. The van der Waals surface area contributed by atoms with Gasteiger partial charge in [-0.2, -0.15) is 0 Å². The highest BCUT2D eigenvalue weighted by molar-refractivity contribution is 5.85. The van der Waals surface area contributed by atoms with Gasteiger partial charge in [-0.25, -0.2) is 0 Å². The third-order valence-corrected chi connectivity index (χ3v) is 4.43. The zero-order chi connectivity index (χ0) is 14.7. The van der Waals surface area contributed by atoms with E-state index in [2.05, 4.69) is 41.1 Å². The zero-order valence-electron chi connectivity index (χ0n) is 12.7. The van der Waals surface area contributed by atoms with Gasteiger partial charge in [0.05, 0.1) is 6.10 Å². The van der Waals surface area contributed by atoms with Crippen LogP contribution >= 0.6 is 0 Å². The second-order valence-corrected chi connectivity index (χ2v) is 6.04. The van der Waals surface area contributed by atoms with Gasteiger partial charge in [-0.15, -0.1) is 0 Å². The molecule has 1 atom stereocenters. The maximum absolute atomic E-state index is 10.7. The van der Waals surface area contributed by atoms with Crippen molar-refractivity contribution in [1.82, 2.24) is 9.80 Å². The molecule has 1 fully saturated rings. The molecule has 3 nitrogen and oxygen atoms in total. The normalized spacial score (nSPS) is 19.5. The first kappa shape index (κ1) is 14.5. The molecular formula is C18H24N2O. The summed E-state index contributed by atoms with van der Waals surface area (Å²) in [6.45, 7) is 5.08. The summed E-state index contributed by atoms with van der Waals surface area (Å²) in [5, 5.41) is 13.0. The van der Waals surface area contributed by atoms with E-state index < -0.39 is 6.10 Å². The summed E-state index contributed by atoms with van der Waals surface area (Å²) in [7, 11) is 2.17. The molecule has 0 bridgehead atoms. The lowest BCUT2D eigenvalue weighted by Crippen LogP contribution is -2.32. The number of benzene rings is 2. The molecule has 2 aromatic rings. The van der Waals surface area contributed by atoms with Crippen LogP contribution in [0.1, 0.15) is 18.1 Å². The lowest BCUT2D eigenvalue weighted by Gasteiger charge is -2.24. The van der Waals surface area contributed by atoms with E-state index in [0.29, 0.717) is 0 Å². The lowest BCUT2D eigenvalue weighted by atomic mass is 10.00. The molecule has 112 valence electrons. The molecule has 1 saturated heterocycles. The first-order chi connectivity index (χ1) is 10.2. The topological polar surface area (TPSA) is 26.7 Å². The summed E-state index contributed by atoms with van der Waals surface area (Å²) in [6, 6.07) is 14.5. The summed E-state index contributed by atoms with van der Waals surface area (Å²) >= 11 is 0. The SMILES string of the molecule is CN1CCCN(CC(O)c2cccc3ccccc23)CC1. The minimum atomic E-state index is -0.417. The second kappa shape index (κ2) is 6.56. The summed E-state index contributed by atoms with van der Waals surface area (Å²) in [5.74, 6) is 0. The van der Waals surface area contributed by atoms with Crippen LogP contribution in [0.4, 0.5) is 0 Å². The Bertz CT molecular complexity index is 593. The molecule has 0 spiro atoms. The number of hydrogen-bond donors (Lipinski definition) is 1. The van der Waals surface area contributed by atoms with Crippen molar-refractivity contribution >= 4 is 10.8 Å². The molecule has 1 aliphatic heterocycles. The van der Waals surface area contributed by atoms with Crippen LogP contribution in [0.25, 0.3) is 10.8 Å². The van der Waals surface area contributed by atoms with Crippen molar-refractivity contribution in [3.8, 4) is 0 Å². The van der Waals surface area contributed by atoms with Gasteiger partial charge in [0.15, 0.2) is 0 Å². The fraction of sp³-hybridized carbons (Fsp3) is 0.444. The van der Waals surface area contributed by atoms with Crippen molar-refractivity contribution in [2.24, 2.45) is 0 Å². The van der Waals surface area contributed by atoms with Gasteiger partial charge >= 0.3 is 0 Å². The Labute approximate surface area is 126 Å². The summed E-state index contributed by atoms with van der Waals surface area (Å²) < 4.78 is 0. The van der Waals surface area contributed by atoms with Gasteiger partial charge in [0, 0.05) is 19.6 Å². The molecule has 1 N–H and O–H groups in total. The predicted octanol–water partition coefficient (Wildman–Crippen LogP) is 2.51. The molecule has 0 aliphatic carbocycles. The number of aliphatic hydroxyl groups excluding tert-OH is 1. The van der Waals surface area contributed by atoms with Crippen molar-refractivity contribution in [3.63, 3.8) is 0 Å². The molecule has 21 heavy (non-hydrogen) atoms. The van der Waals surface area contributed by atoms with E-state index >= 15 is 0 Å². The van der Waals surface area contributed by atoms with Crippen LogP contribution in [-0.2, 0) is 0 Å². The number of β-amino-alcohol motifs (C(OH)–C–C–N with tert-alkyl or cyclic N) is 1. The number of hydrogen-bond acceptors (Lipinski definition) is 3. The van der Waals surface area contributed by atoms with Crippen molar-refractivity contribution < 1.29 is 5.11 Å². The van der Waals surface area contributed by atoms with Crippen molar-refractivity contribution in [2.45, 2.75) is 12.5 Å². The fourth-order valence-electron chi connectivity index (χ4n) is 3.17. The highest BCUT2D eigenvalue weighted by Crippen LogP contribution is 2.25. The standard InChI is InChI=1S/C18H24N2O/c1-19-10-5-11-20(13-12-19)14-18(21)17-9-4-7-15-6-2-3-8-16(15)17/h2-4,6-9,18,21H,5,10-14H2,1H3. The Morgan fingerprint density at radius 3 is 2.71 bits per heavy atom. The molecule has 2 aromatic carbocycles. The first-order valence-corrected chi connectivity index (χ1v) is 7.80. The fourth-order valence-corrected chi connectivity index (χ4v) is 3.17. The highest BCUT2D eigenvalue weighted by atomic mass is 16.3. The third kappa shape index (κ3) is 3.43. The molecule has 3 heteroatoms. The molecule has 0 saturated carbocycles. The minimum Gasteiger partial charge on any atom is -0.387 e. The second-order valence-electron chi connectivity index (χ2n) is 6.04. The van der Waals surface area contributed by atoms with E-state index in [0.717, 1.165) is 38.3 Å². The first-order valence-electron chi connectivity index (χ1n) is 7.80. The molecular weight excluding hydrogens is 260 g/mol. The van der Waals surface area contributed by atoms with Gasteiger partial charge in [0.1, 0.15) is 0 Å². The maximum Gasteiger partial charge on any atom is 0.0922 e. The Balaban J connectivity index is 1.76. The van der Waals surface area contributed by atoms with Crippen LogP contribution in [0.2, 0.25) is 0 Å². The van der Waals surface area contributed by atoms with E-state index in [1.165, 1.54) is 17.2 Å². The molecule has 1 heterocycles. The molecule has 0 radical (unpaired) electrons. The van der Waals surface area contributed by atoms with Crippen LogP contribution in [0.3, 0.4) is 0 Å². The van der Waals surface area contributed by atoms with E-state index in [4.69, 9.17) is 0 Å². The largest absolute Gasteiger partial charge is 0.387 e. The zero-order valence-corrected chi connectivity index (χ0v) is 12.7. The van der Waals surface area contributed by atoms with Crippen molar-refractivity contribution in [3.05, 3.63) is 48.0 Å². The van der Waals surface area contributed by atoms with E-state index in [-0.39, 0.29) is 0 Å². The number of nitrogens with zero attached hydrogens (tertiary/aromatic N) is 2. The van der Waals surface area contributed by atoms with Gasteiger partial charge in [-0.3, -0.25) is 4.90 Å². The van der Waals surface area contributed by atoms with Gasteiger partial charge in [0.25, 0.3) is 0 Å². The number of fused-ring (bicyclic) bond motifs is 1. The Hall–Kier alpha value is -1.42. The monoisotopic (exact) mass is 284 g/mol. The van der Waals surface area contributed by atoms with Gasteiger partial charge in [-0.1, -0.05) is 42.5 Å². The van der Waals surface area contributed by atoms with Crippen LogP contribution in [0.5, 0.6) is 0 Å². The van der Waals surface area contributed by atoms with E-state index in [9.17, 15) is 5.11 Å². The summed E-state index contributed by atoms with van der Waals surface area (Å²) in [4.78, 5) is 4.75. The quantitative estimate of drug-likeness (QED) is 0.938. The Morgan fingerprint density at radius 1 is 1.00 bits per heavy atom. The molecule has 0 amide bonds. The van der Waals surface area contributed by atoms with Crippen LogP contribution in [0.15, 0.2) is 42.5 Å². The van der Waals surface area contributed by atoms with E-state index in [1.807, 2.05) is 18.2 Å². The van der Waals surface area contributed by atoms with Crippen molar-refractivity contribution in [2.75, 3.05) is 39.8 Å². The van der Waals surface area contributed by atoms with Crippen molar-refractivity contribution in [1.29, 1.82) is 0 Å². The average molecular weight is 284 g/mol. The van der Waals surface area contributed by atoms with Crippen LogP contribution in [-0.4, -0.2) is 54.7 Å². The average Bonchev–Trinajstić information content (AvgIpc) is 2.71. The number of aliphatic hydroxyl groups is 1. The minimum absolute atomic E-state index is 0.417. The predicted molar refractivity (Wildman–Crippen MR) is 87.5 cm³/mol. The summed E-state index contributed by atoms with van der Waals surface area (Å²) in [5.41, 5.74) is 1.05. The maximum atomic E-state index is 10.7. The van der Waals surface area contributed by atoms with E-state index in [1.54, 1.807) is 0 Å². The Morgan fingerprint density at radius 2 is 1.81 bits per heavy atom. The van der Waals surface area contributed by atoms with Crippen LogP contribution in [0, 0.1) is 0 Å². The van der Waals surface area contributed by atoms with Gasteiger partial charge in [0.2, 0.25) is 0 Å².